The Labute approximate surface area is 103 Å². The summed E-state index contributed by atoms with van der Waals surface area (Å²) < 4.78 is 0. The van der Waals surface area contributed by atoms with E-state index in [2.05, 4.69) is 11.4 Å². The van der Waals surface area contributed by atoms with Crippen LogP contribution in [0.15, 0.2) is 42.0 Å². The van der Waals surface area contributed by atoms with E-state index in [-0.39, 0.29) is 5.91 Å². The number of para-hydroxylation sites is 1. The number of benzene rings is 1. The van der Waals surface area contributed by atoms with Gasteiger partial charge in [-0.25, -0.2) is 0 Å². The number of nitrogens with one attached hydrogen (secondary N) is 1. The summed E-state index contributed by atoms with van der Waals surface area (Å²) in [7, 11) is 0. The molecule has 0 saturated carbocycles. The third-order valence-corrected chi connectivity index (χ3v) is 3.11. The predicted molar refractivity (Wildman–Crippen MR) is 70.9 cm³/mol. The van der Waals surface area contributed by atoms with E-state index in [1.165, 1.54) is 19.3 Å². The van der Waals surface area contributed by atoms with Gasteiger partial charge >= 0.3 is 0 Å². The van der Waals surface area contributed by atoms with Crippen molar-refractivity contribution in [3.63, 3.8) is 0 Å². The maximum absolute atomic E-state index is 12.1. The molecule has 0 saturated heterocycles. The van der Waals surface area contributed by atoms with E-state index in [1.54, 1.807) is 0 Å². The van der Waals surface area contributed by atoms with E-state index in [4.69, 9.17) is 0 Å². The molecule has 1 aliphatic carbocycles. The van der Waals surface area contributed by atoms with Gasteiger partial charge in [-0.3, -0.25) is 4.79 Å². The van der Waals surface area contributed by atoms with E-state index in [0.29, 0.717) is 0 Å². The van der Waals surface area contributed by atoms with Crippen LogP contribution in [0.25, 0.3) is 0 Å². The van der Waals surface area contributed by atoms with Crippen LogP contribution in [-0.2, 0) is 4.79 Å². The average Bonchev–Trinajstić information content (AvgIpc) is 2.29. The van der Waals surface area contributed by atoms with Gasteiger partial charge in [-0.2, -0.15) is 0 Å². The van der Waals surface area contributed by atoms with Gasteiger partial charge in [0.2, 0.25) is 0 Å². The first-order chi connectivity index (χ1) is 8.36. The van der Waals surface area contributed by atoms with Crippen LogP contribution < -0.4 is 5.32 Å². The van der Waals surface area contributed by atoms with Gasteiger partial charge in [-0.15, -0.1) is 0 Å². The lowest BCUT2D eigenvalue weighted by atomic mass is 9.99. The van der Waals surface area contributed by atoms with E-state index in [9.17, 15) is 4.79 Å². The van der Waals surface area contributed by atoms with Gasteiger partial charge in [0.1, 0.15) is 0 Å². The monoisotopic (exact) mass is 229 g/mol. The van der Waals surface area contributed by atoms with Gasteiger partial charge in [-0.1, -0.05) is 37.1 Å². The number of hydrogen-bond donors (Lipinski definition) is 1. The molecular weight excluding hydrogens is 210 g/mol. The van der Waals surface area contributed by atoms with E-state index in [0.717, 1.165) is 30.5 Å². The van der Waals surface area contributed by atoms with Crippen LogP contribution in [0.5, 0.6) is 0 Å². The zero-order valence-corrected chi connectivity index (χ0v) is 10.1. The highest BCUT2D eigenvalue weighted by Crippen LogP contribution is 2.18. The fourth-order valence-corrected chi connectivity index (χ4v) is 2.13. The number of rotatable bonds is 2. The van der Waals surface area contributed by atoms with Gasteiger partial charge in [0, 0.05) is 11.3 Å². The number of anilines is 1. The molecule has 0 spiro atoms. The van der Waals surface area contributed by atoms with Crippen molar-refractivity contribution in [1.29, 1.82) is 0 Å². The molecule has 1 amide bonds. The zero-order valence-electron chi connectivity index (χ0n) is 10.1. The van der Waals surface area contributed by atoms with Crippen molar-refractivity contribution in [3.05, 3.63) is 42.0 Å². The molecule has 0 bridgehead atoms. The number of carbonyl (C=O) groups excluding carboxylic acids is 1. The largest absolute Gasteiger partial charge is 0.322 e. The summed E-state index contributed by atoms with van der Waals surface area (Å²) in [5.41, 5.74) is 1.83. The van der Waals surface area contributed by atoms with E-state index in [1.807, 2.05) is 30.3 Å². The first kappa shape index (κ1) is 11.9. The Morgan fingerprint density at radius 2 is 1.76 bits per heavy atom. The molecule has 1 aliphatic rings. The maximum atomic E-state index is 12.1. The molecule has 1 aromatic rings. The summed E-state index contributed by atoms with van der Waals surface area (Å²) in [5, 5.41) is 2.95. The van der Waals surface area contributed by atoms with Crippen LogP contribution in [0.4, 0.5) is 5.69 Å². The molecule has 0 radical (unpaired) electrons. The molecule has 1 aromatic carbocycles. The summed E-state index contributed by atoms with van der Waals surface area (Å²) in [6, 6.07) is 9.65. The van der Waals surface area contributed by atoms with Crippen molar-refractivity contribution in [2.24, 2.45) is 0 Å². The fraction of sp³-hybridized carbons (Fsp3) is 0.400. The average molecular weight is 229 g/mol. The Morgan fingerprint density at radius 3 is 2.59 bits per heavy atom. The van der Waals surface area contributed by atoms with Crippen molar-refractivity contribution >= 4 is 11.6 Å². The second-order valence-electron chi connectivity index (χ2n) is 4.50. The van der Waals surface area contributed by atoms with E-state index < -0.39 is 0 Å². The normalized spacial score (nSPS) is 19.6. The van der Waals surface area contributed by atoms with Crippen molar-refractivity contribution in [1.82, 2.24) is 0 Å². The summed E-state index contributed by atoms with van der Waals surface area (Å²) in [4.78, 5) is 12.1. The summed E-state index contributed by atoms with van der Waals surface area (Å²) >= 11 is 0. The second kappa shape index (κ2) is 6.24. The highest BCUT2D eigenvalue weighted by atomic mass is 16.1. The topological polar surface area (TPSA) is 29.1 Å². The first-order valence-electron chi connectivity index (χ1n) is 6.42. The van der Waals surface area contributed by atoms with Crippen LogP contribution in [-0.4, -0.2) is 5.91 Å². The molecule has 0 aromatic heterocycles. The highest BCUT2D eigenvalue weighted by Gasteiger charge is 2.10. The van der Waals surface area contributed by atoms with Crippen LogP contribution in [0, 0.1) is 0 Å². The second-order valence-corrected chi connectivity index (χ2v) is 4.50. The summed E-state index contributed by atoms with van der Waals surface area (Å²) in [6.07, 6.45) is 8.95. The van der Waals surface area contributed by atoms with Gasteiger partial charge in [0.05, 0.1) is 0 Å². The van der Waals surface area contributed by atoms with Crippen molar-refractivity contribution in [2.75, 3.05) is 5.32 Å². The molecule has 0 atom stereocenters. The Bertz CT molecular complexity index is 395. The third-order valence-electron chi connectivity index (χ3n) is 3.11. The molecule has 2 rings (SSSR count). The number of carbonyl (C=O) groups is 1. The smallest absolute Gasteiger partial charge is 0.251 e. The molecule has 0 heterocycles. The van der Waals surface area contributed by atoms with Crippen molar-refractivity contribution in [3.8, 4) is 0 Å². The third kappa shape index (κ3) is 3.74. The van der Waals surface area contributed by atoms with Crippen molar-refractivity contribution in [2.45, 2.75) is 38.5 Å². The summed E-state index contributed by atoms with van der Waals surface area (Å²) in [6.45, 7) is 0. The van der Waals surface area contributed by atoms with Crippen molar-refractivity contribution < 1.29 is 4.79 Å². The lowest BCUT2D eigenvalue weighted by Crippen LogP contribution is -2.15. The Morgan fingerprint density at radius 1 is 1.00 bits per heavy atom. The van der Waals surface area contributed by atoms with Gasteiger partial charge in [0.15, 0.2) is 0 Å². The minimum Gasteiger partial charge on any atom is -0.322 e. The molecule has 1 N–H and O–H groups in total. The number of allylic oxidation sites excluding steroid dienone is 1. The molecule has 0 aliphatic heterocycles. The highest BCUT2D eigenvalue weighted by molar-refractivity contribution is 6.03. The van der Waals surface area contributed by atoms with Gasteiger partial charge in [0.25, 0.3) is 5.91 Å². The predicted octanol–water partition coefficient (Wildman–Crippen LogP) is 3.91. The van der Waals surface area contributed by atoms with Crippen LogP contribution in [0.1, 0.15) is 38.5 Å². The lowest BCUT2D eigenvalue weighted by molar-refractivity contribution is -0.113. The summed E-state index contributed by atoms with van der Waals surface area (Å²) in [5.74, 6) is 0.0677. The van der Waals surface area contributed by atoms with Gasteiger partial charge in [-0.05, 0) is 37.8 Å². The molecule has 0 fully saturated rings. The molecular formula is C15H19NO. The van der Waals surface area contributed by atoms with E-state index >= 15 is 0 Å². The Kier molecular flexibility index (Phi) is 4.37. The molecule has 2 nitrogen and oxygen atoms in total. The Balaban J connectivity index is 1.99. The van der Waals surface area contributed by atoms with Crippen LogP contribution in [0.3, 0.4) is 0 Å². The number of amides is 1. The quantitative estimate of drug-likeness (QED) is 0.818. The molecule has 17 heavy (non-hydrogen) atoms. The SMILES string of the molecule is O=C(Nc1ccccc1)/C1=C/CCCCCC1. The zero-order chi connectivity index (χ0) is 11.9. The standard InChI is InChI=1S/C15H19NO/c17-15(16-14-11-7-4-8-12-14)13-9-5-2-1-3-6-10-13/h4,7-9,11-12H,1-3,5-6,10H2,(H,16,17)/b13-9+. The fourth-order valence-electron chi connectivity index (χ4n) is 2.13. The number of hydrogen-bond acceptors (Lipinski definition) is 1. The molecule has 2 heteroatoms. The molecule has 0 unspecified atom stereocenters. The van der Waals surface area contributed by atoms with Crippen LogP contribution in [0.2, 0.25) is 0 Å². The minimum absolute atomic E-state index is 0.0677. The lowest BCUT2D eigenvalue weighted by Gasteiger charge is -2.11. The minimum atomic E-state index is 0.0677. The molecule has 90 valence electrons. The van der Waals surface area contributed by atoms with Crippen LogP contribution >= 0.6 is 0 Å². The maximum Gasteiger partial charge on any atom is 0.251 e. The first-order valence-corrected chi connectivity index (χ1v) is 6.42. The Hall–Kier alpha value is -1.57. The van der Waals surface area contributed by atoms with Gasteiger partial charge < -0.3 is 5.32 Å².